The molecule has 20 heavy (non-hydrogen) atoms. The molecule has 0 aromatic carbocycles. The first kappa shape index (κ1) is 18.7. The summed E-state index contributed by atoms with van der Waals surface area (Å²) in [5.74, 6) is -1.22. The van der Waals surface area contributed by atoms with Crippen molar-refractivity contribution >= 4 is 11.9 Å². The molecule has 116 valence electrons. The van der Waals surface area contributed by atoms with Crippen LogP contribution in [-0.4, -0.2) is 17.0 Å². The maximum absolute atomic E-state index is 11.3. The van der Waals surface area contributed by atoms with E-state index in [4.69, 9.17) is 9.84 Å². The molecular weight excluding hydrogens is 256 g/mol. The SMILES string of the molecule is CCCCCCCCCCCC(=O)OC=CCC(=O)O. The Bertz CT molecular complexity index is 284. The quantitative estimate of drug-likeness (QED) is 0.308. The molecule has 0 fully saturated rings. The Hall–Kier alpha value is -1.32. The Morgan fingerprint density at radius 2 is 1.50 bits per heavy atom. The van der Waals surface area contributed by atoms with Crippen LogP contribution >= 0.6 is 0 Å². The summed E-state index contributed by atoms with van der Waals surface area (Å²) in [7, 11) is 0. The molecule has 0 heterocycles. The highest BCUT2D eigenvalue weighted by molar-refractivity contribution is 5.70. The van der Waals surface area contributed by atoms with E-state index in [0.29, 0.717) is 6.42 Å². The highest BCUT2D eigenvalue weighted by atomic mass is 16.5. The predicted molar refractivity (Wildman–Crippen MR) is 79.3 cm³/mol. The van der Waals surface area contributed by atoms with Crippen molar-refractivity contribution in [3.8, 4) is 0 Å². The lowest BCUT2D eigenvalue weighted by Gasteiger charge is -2.01. The second-order valence-corrected chi connectivity index (χ2v) is 5.04. The van der Waals surface area contributed by atoms with Crippen molar-refractivity contribution in [1.29, 1.82) is 0 Å². The third-order valence-electron chi connectivity index (χ3n) is 3.07. The van der Waals surface area contributed by atoms with E-state index in [9.17, 15) is 9.59 Å². The number of carbonyl (C=O) groups is 2. The van der Waals surface area contributed by atoms with Crippen LogP contribution in [0.4, 0.5) is 0 Å². The Morgan fingerprint density at radius 3 is 2.05 bits per heavy atom. The van der Waals surface area contributed by atoms with Crippen LogP contribution in [0.15, 0.2) is 12.3 Å². The molecule has 0 aliphatic rings. The maximum Gasteiger partial charge on any atom is 0.310 e. The molecular formula is C16H28O4. The van der Waals surface area contributed by atoms with E-state index >= 15 is 0 Å². The lowest BCUT2D eigenvalue weighted by Crippen LogP contribution is -1.99. The molecule has 0 radical (unpaired) electrons. The van der Waals surface area contributed by atoms with Crippen molar-refractivity contribution < 1.29 is 19.4 Å². The zero-order valence-corrected chi connectivity index (χ0v) is 12.6. The van der Waals surface area contributed by atoms with Crippen molar-refractivity contribution in [3.05, 3.63) is 12.3 Å². The predicted octanol–water partition coefficient (Wildman–Crippen LogP) is 4.44. The molecule has 0 aromatic heterocycles. The second-order valence-electron chi connectivity index (χ2n) is 5.04. The average molecular weight is 284 g/mol. The van der Waals surface area contributed by atoms with Gasteiger partial charge in [-0.15, -0.1) is 0 Å². The van der Waals surface area contributed by atoms with Gasteiger partial charge in [-0.2, -0.15) is 0 Å². The molecule has 0 bridgehead atoms. The van der Waals surface area contributed by atoms with Gasteiger partial charge in [-0.3, -0.25) is 9.59 Å². The van der Waals surface area contributed by atoms with Crippen molar-refractivity contribution in [2.24, 2.45) is 0 Å². The Labute approximate surface area is 122 Å². The molecule has 0 atom stereocenters. The molecule has 0 saturated carbocycles. The fourth-order valence-corrected chi connectivity index (χ4v) is 1.91. The monoisotopic (exact) mass is 284 g/mol. The topological polar surface area (TPSA) is 63.6 Å². The molecule has 4 nitrogen and oxygen atoms in total. The van der Waals surface area contributed by atoms with E-state index < -0.39 is 5.97 Å². The summed E-state index contributed by atoms with van der Waals surface area (Å²) in [6.07, 6.45) is 13.7. The molecule has 0 aliphatic carbocycles. The van der Waals surface area contributed by atoms with Crippen molar-refractivity contribution in [3.63, 3.8) is 0 Å². The number of hydrogen-bond acceptors (Lipinski definition) is 3. The summed E-state index contributed by atoms with van der Waals surface area (Å²) in [6.45, 7) is 2.22. The Kier molecular flexibility index (Phi) is 13.2. The van der Waals surface area contributed by atoms with Crippen LogP contribution in [0.25, 0.3) is 0 Å². The highest BCUT2D eigenvalue weighted by Crippen LogP contribution is 2.10. The van der Waals surface area contributed by atoms with Gasteiger partial charge in [0.2, 0.25) is 0 Å². The molecule has 0 aromatic rings. The number of hydrogen-bond donors (Lipinski definition) is 1. The Morgan fingerprint density at radius 1 is 0.950 bits per heavy atom. The number of aliphatic carboxylic acids is 1. The molecule has 0 amide bonds. The van der Waals surface area contributed by atoms with Gasteiger partial charge in [-0.25, -0.2) is 0 Å². The summed E-state index contributed by atoms with van der Waals surface area (Å²) in [4.78, 5) is 21.5. The molecule has 0 rings (SSSR count). The standard InChI is InChI=1S/C16H28O4/c1-2-3-4-5-6-7-8-9-10-13-16(19)20-14-11-12-15(17)18/h11,14H,2-10,12-13H2,1H3,(H,17,18). The summed E-state index contributed by atoms with van der Waals surface area (Å²) in [5, 5.41) is 8.38. The molecule has 1 N–H and O–H groups in total. The number of carboxylic acids is 1. The smallest absolute Gasteiger partial charge is 0.310 e. The fraction of sp³-hybridized carbons (Fsp3) is 0.750. The van der Waals surface area contributed by atoms with E-state index in [-0.39, 0.29) is 12.4 Å². The van der Waals surface area contributed by atoms with Crippen LogP contribution in [0.1, 0.15) is 77.6 Å². The van der Waals surface area contributed by atoms with Crippen LogP contribution in [0.5, 0.6) is 0 Å². The molecule has 4 heteroatoms. The van der Waals surface area contributed by atoms with Crippen LogP contribution in [0.3, 0.4) is 0 Å². The molecule has 0 unspecified atom stereocenters. The number of unbranched alkanes of at least 4 members (excludes halogenated alkanes) is 8. The molecule has 0 spiro atoms. The molecule has 0 aliphatic heterocycles. The van der Waals surface area contributed by atoms with Gasteiger partial charge < -0.3 is 9.84 Å². The lowest BCUT2D eigenvalue weighted by molar-refractivity contribution is -0.139. The van der Waals surface area contributed by atoms with Gasteiger partial charge in [0, 0.05) is 6.42 Å². The fourth-order valence-electron chi connectivity index (χ4n) is 1.91. The summed E-state index contributed by atoms with van der Waals surface area (Å²) in [6, 6.07) is 0. The van der Waals surface area contributed by atoms with Crippen LogP contribution in [-0.2, 0) is 14.3 Å². The first-order valence-corrected chi connectivity index (χ1v) is 7.73. The third-order valence-corrected chi connectivity index (χ3v) is 3.07. The number of rotatable bonds is 13. The van der Waals surface area contributed by atoms with Crippen LogP contribution < -0.4 is 0 Å². The minimum absolute atomic E-state index is 0.120. The lowest BCUT2D eigenvalue weighted by atomic mass is 10.1. The second kappa shape index (κ2) is 14.1. The van der Waals surface area contributed by atoms with Crippen molar-refractivity contribution in [2.45, 2.75) is 77.6 Å². The van der Waals surface area contributed by atoms with E-state index in [1.807, 2.05) is 0 Å². The maximum atomic E-state index is 11.3. The first-order valence-electron chi connectivity index (χ1n) is 7.73. The minimum atomic E-state index is -0.934. The van der Waals surface area contributed by atoms with E-state index in [1.165, 1.54) is 57.3 Å². The number of ether oxygens (including phenoxy) is 1. The normalized spacial score (nSPS) is 10.8. The minimum Gasteiger partial charge on any atom is -0.481 e. The molecule has 0 saturated heterocycles. The number of carboxylic acid groups (broad SMARTS) is 1. The van der Waals surface area contributed by atoms with E-state index in [2.05, 4.69) is 6.92 Å². The largest absolute Gasteiger partial charge is 0.481 e. The number of carbonyl (C=O) groups excluding carboxylic acids is 1. The zero-order chi connectivity index (χ0) is 15.1. The van der Waals surface area contributed by atoms with Gasteiger partial charge >= 0.3 is 11.9 Å². The van der Waals surface area contributed by atoms with Gasteiger partial charge in [-0.1, -0.05) is 58.3 Å². The average Bonchev–Trinajstić information content (AvgIpc) is 2.41. The van der Waals surface area contributed by atoms with Gasteiger partial charge in [0.05, 0.1) is 12.7 Å². The van der Waals surface area contributed by atoms with Crippen LogP contribution in [0, 0.1) is 0 Å². The zero-order valence-electron chi connectivity index (χ0n) is 12.6. The van der Waals surface area contributed by atoms with Gasteiger partial charge in [-0.05, 0) is 12.5 Å². The van der Waals surface area contributed by atoms with Crippen molar-refractivity contribution in [2.75, 3.05) is 0 Å². The van der Waals surface area contributed by atoms with Gasteiger partial charge in [0.1, 0.15) is 0 Å². The third kappa shape index (κ3) is 14.7. The number of esters is 1. The Balaban J connectivity index is 3.27. The summed E-state index contributed by atoms with van der Waals surface area (Å²) < 4.78 is 4.78. The van der Waals surface area contributed by atoms with Crippen LogP contribution in [0.2, 0.25) is 0 Å². The first-order chi connectivity index (χ1) is 9.66. The van der Waals surface area contributed by atoms with E-state index in [0.717, 1.165) is 12.8 Å². The summed E-state index contributed by atoms with van der Waals surface area (Å²) in [5.41, 5.74) is 0. The highest BCUT2D eigenvalue weighted by Gasteiger charge is 2.00. The van der Waals surface area contributed by atoms with Crippen molar-refractivity contribution in [1.82, 2.24) is 0 Å². The van der Waals surface area contributed by atoms with Gasteiger partial charge in [0.25, 0.3) is 0 Å². The van der Waals surface area contributed by atoms with Gasteiger partial charge in [0.15, 0.2) is 0 Å². The summed E-state index contributed by atoms with van der Waals surface area (Å²) >= 11 is 0. The van der Waals surface area contributed by atoms with E-state index in [1.54, 1.807) is 0 Å².